The van der Waals surface area contributed by atoms with Crippen molar-refractivity contribution in [2.24, 2.45) is 0 Å². The molecule has 0 saturated carbocycles. The van der Waals surface area contributed by atoms with Crippen molar-refractivity contribution in [1.82, 2.24) is 0 Å². The number of aliphatic hydroxyl groups is 1. The number of benzene rings is 1. The van der Waals surface area contributed by atoms with E-state index in [0.29, 0.717) is 5.56 Å². The average Bonchev–Trinajstić information content (AvgIpc) is 2.82. The third-order valence-electron chi connectivity index (χ3n) is 4.07. The lowest BCUT2D eigenvalue weighted by atomic mass is 9.81. The number of carbonyl (C=O) groups is 2. The van der Waals surface area contributed by atoms with E-state index in [1.54, 1.807) is 13.0 Å². The Kier molecular flexibility index (Phi) is 3.70. The van der Waals surface area contributed by atoms with Crippen molar-refractivity contribution >= 4 is 11.6 Å². The number of rotatable bonds is 3. The van der Waals surface area contributed by atoms with Crippen molar-refractivity contribution in [1.29, 1.82) is 0 Å². The highest BCUT2D eigenvalue weighted by molar-refractivity contribution is 6.16. The molecule has 0 bridgehead atoms. The van der Waals surface area contributed by atoms with E-state index in [-0.39, 0.29) is 28.4 Å². The Morgan fingerprint density at radius 3 is 2.54 bits per heavy atom. The minimum absolute atomic E-state index is 0.0351. The number of carbonyl (C=O) groups excluding carboxylic acids is 2. The van der Waals surface area contributed by atoms with Crippen LogP contribution in [0.25, 0.3) is 0 Å². The maximum Gasteiger partial charge on any atom is 0.254 e. The van der Waals surface area contributed by atoms with Crippen LogP contribution in [-0.4, -0.2) is 47.9 Å². The van der Waals surface area contributed by atoms with Crippen molar-refractivity contribution in [3.05, 3.63) is 46.7 Å². The Hall–Kier alpha value is -2.64. The van der Waals surface area contributed by atoms with Crippen LogP contribution in [0.1, 0.15) is 15.9 Å². The summed E-state index contributed by atoms with van der Waals surface area (Å²) in [5.74, 6) is -1.30. The molecule has 1 heterocycles. The number of phenolic OH excluding ortho intramolecular Hbond substituents is 1. The summed E-state index contributed by atoms with van der Waals surface area (Å²) in [7, 11) is 2.51. The maximum absolute atomic E-state index is 13.1. The molecule has 1 aromatic carbocycles. The Balaban J connectivity index is 2.25. The molecule has 0 aromatic heterocycles. The summed E-state index contributed by atoms with van der Waals surface area (Å²) in [6, 6.07) is 3.02. The molecular formula is C17H16O7. The first kappa shape index (κ1) is 16.2. The summed E-state index contributed by atoms with van der Waals surface area (Å²) in [6.45, 7) is 1.73. The van der Waals surface area contributed by atoms with Crippen molar-refractivity contribution in [3.63, 3.8) is 0 Å². The molecule has 0 saturated heterocycles. The highest BCUT2D eigenvalue weighted by atomic mass is 16.6. The zero-order valence-electron chi connectivity index (χ0n) is 13.3. The molecule has 0 fully saturated rings. The summed E-state index contributed by atoms with van der Waals surface area (Å²) in [5.41, 5.74) is -1.34. The van der Waals surface area contributed by atoms with Gasteiger partial charge < -0.3 is 24.4 Å². The van der Waals surface area contributed by atoms with E-state index in [2.05, 4.69) is 0 Å². The second-order valence-electron chi connectivity index (χ2n) is 5.57. The van der Waals surface area contributed by atoms with Gasteiger partial charge in [-0.3, -0.25) is 9.59 Å². The number of phenols is 1. The predicted molar refractivity (Wildman–Crippen MR) is 81.7 cm³/mol. The second-order valence-corrected chi connectivity index (χ2v) is 5.57. The highest BCUT2D eigenvalue weighted by Gasteiger charge is 2.59. The molecule has 2 unspecified atom stereocenters. The lowest BCUT2D eigenvalue weighted by molar-refractivity contribution is -0.112. The van der Waals surface area contributed by atoms with Gasteiger partial charge in [-0.2, -0.15) is 0 Å². The topological polar surface area (TPSA) is 102 Å². The van der Waals surface area contributed by atoms with Gasteiger partial charge in [-0.1, -0.05) is 0 Å². The van der Waals surface area contributed by atoms with Gasteiger partial charge in [-0.05, 0) is 30.7 Å². The lowest BCUT2D eigenvalue weighted by Gasteiger charge is -2.34. The van der Waals surface area contributed by atoms with E-state index < -0.39 is 23.5 Å². The fraction of sp³-hybridized carbons (Fsp3) is 0.294. The van der Waals surface area contributed by atoms with Crippen LogP contribution in [-0.2, 0) is 14.3 Å². The summed E-state index contributed by atoms with van der Waals surface area (Å²) >= 11 is 0. The van der Waals surface area contributed by atoms with Crippen LogP contribution in [0.15, 0.2) is 35.6 Å². The first-order valence-corrected chi connectivity index (χ1v) is 7.15. The van der Waals surface area contributed by atoms with Crippen molar-refractivity contribution in [2.75, 3.05) is 14.2 Å². The van der Waals surface area contributed by atoms with Gasteiger partial charge in [0, 0.05) is 18.8 Å². The molecule has 1 aliphatic carbocycles. The number of ketones is 2. The van der Waals surface area contributed by atoms with Gasteiger partial charge in [0.25, 0.3) is 5.60 Å². The summed E-state index contributed by atoms with van der Waals surface area (Å²) in [4.78, 5) is 25.0. The van der Waals surface area contributed by atoms with E-state index >= 15 is 0 Å². The molecule has 0 amide bonds. The number of hydrogen-bond donors (Lipinski definition) is 2. The monoisotopic (exact) mass is 332 g/mol. The zero-order valence-corrected chi connectivity index (χ0v) is 13.3. The van der Waals surface area contributed by atoms with E-state index in [9.17, 15) is 19.8 Å². The second kappa shape index (κ2) is 5.47. The van der Waals surface area contributed by atoms with Crippen molar-refractivity contribution in [3.8, 4) is 11.5 Å². The molecule has 3 rings (SSSR count). The molecule has 2 N–H and O–H groups in total. The van der Waals surface area contributed by atoms with Crippen molar-refractivity contribution in [2.45, 2.75) is 18.8 Å². The number of aromatic hydroxyl groups is 1. The van der Waals surface area contributed by atoms with Crippen molar-refractivity contribution < 1.29 is 34.0 Å². The average molecular weight is 332 g/mol. The van der Waals surface area contributed by atoms with Crippen LogP contribution in [0.5, 0.6) is 11.5 Å². The number of aryl methyl sites for hydroxylation is 1. The Morgan fingerprint density at radius 1 is 1.21 bits per heavy atom. The van der Waals surface area contributed by atoms with E-state index in [1.165, 1.54) is 20.3 Å². The lowest BCUT2D eigenvalue weighted by Crippen LogP contribution is -2.50. The Morgan fingerprint density at radius 2 is 1.92 bits per heavy atom. The molecule has 1 spiro atoms. The van der Waals surface area contributed by atoms with E-state index in [1.807, 2.05) is 0 Å². The van der Waals surface area contributed by atoms with Crippen LogP contribution in [0, 0.1) is 6.92 Å². The van der Waals surface area contributed by atoms with Crippen LogP contribution in [0.4, 0.5) is 0 Å². The Labute approximate surface area is 137 Å². The smallest absolute Gasteiger partial charge is 0.254 e. The molecule has 2 aliphatic rings. The SMILES string of the molecule is COC1=CC(=O)C=C(C(O)OC)C12Oc1cc(C)cc(O)c1C2=O. The van der Waals surface area contributed by atoms with Crippen LogP contribution < -0.4 is 4.74 Å². The molecule has 24 heavy (non-hydrogen) atoms. The minimum atomic E-state index is -1.88. The molecular weight excluding hydrogens is 316 g/mol. The van der Waals surface area contributed by atoms with Gasteiger partial charge in [0.1, 0.15) is 17.1 Å². The first-order valence-electron chi connectivity index (χ1n) is 7.15. The number of hydrogen-bond acceptors (Lipinski definition) is 7. The van der Waals surface area contributed by atoms with Gasteiger partial charge in [-0.15, -0.1) is 0 Å². The number of aliphatic hydroxyl groups excluding tert-OH is 1. The van der Waals surface area contributed by atoms with Gasteiger partial charge in [0.05, 0.1) is 7.11 Å². The van der Waals surface area contributed by atoms with Gasteiger partial charge in [0.15, 0.2) is 17.8 Å². The fourth-order valence-corrected chi connectivity index (χ4v) is 3.03. The predicted octanol–water partition coefficient (Wildman–Crippen LogP) is 1.02. The summed E-state index contributed by atoms with van der Waals surface area (Å²) in [5, 5.41) is 20.3. The summed E-state index contributed by atoms with van der Waals surface area (Å²) in [6.07, 6.45) is 0.624. The third-order valence-corrected chi connectivity index (χ3v) is 4.07. The molecule has 1 aromatic rings. The van der Waals surface area contributed by atoms with Crippen LogP contribution in [0.3, 0.4) is 0 Å². The Bertz CT molecular complexity index is 805. The molecule has 7 heteroatoms. The third kappa shape index (κ3) is 2.05. The van der Waals surface area contributed by atoms with E-state index in [4.69, 9.17) is 14.2 Å². The molecule has 0 radical (unpaired) electrons. The first-order chi connectivity index (χ1) is 11.3. The molecule has 7 nitrogen and oxygen atoms in total. The summed E-state index contributed by atoms with van der Waals surface area (Å²) < 4.78 is 15.9. The zero-order chi connectivity index (χ0) is 17.6. The highest BCUT2D eigenvalue weighted by Crippen LogP contribution is 2.49. The normalized spacial score (nSPS) is 23.5. The number of methoxy groups -OCH3 is 2. The minimum Gasteiger partial charge on any atom is -0.507 e. The van der Waals surface area contributed by atoms with Crippen LogP contribution >= 0.6 is 0 Å². The maximum atomic E-state index is 13.1. The number of allylic oxidation sites excluding steroid dienone is 2. The van der Waals surface area contributed by atoms with Gasteiger partial charge >= 0.3 is 0 Å². The van der Waals surface area contributed by atoms with E-state index in [0.717, 1.165) is 12.2 Å². The molecule has 2 atom stereocenters. The van der Waals surface area contributed by atoms with Crippen LogP contribution in [0.2, 0.25) is 0 Å². The quantitative estimate of drug-likeness (QED) is 0.797. The van der Waals surface area contributed by atoms with Gasteiger partial charge in [0.2, 0.25) is 5.78 Å². The number of Topliss-reactive ketones (excluding diaryl/α,β-unsaturated/α-hetero) is 1. The molecule has 1 aliphatic heterocycles. The standard InChI is InChI=1S/C17H16O7/c1-8-4-11(19)14-12(5-8)24-17(15(14)20)10(16(21)23-3)6-9(18)7-13(17)22-2/h4-7,16,19,21H,1-3H3. The van der Waals surface area contributed by atoms with Gasteiger partial charge in [-0.25, -0.2) is 0 Å². The fourth-order valence-electron chi connectivity index (χ4n) is 3.03. The largest absolute Gasteiger partial charge is 0.507 e. The number of ether oxygens (including phenoxy) is 3. The number of fused-ring (bicyclic) bond motifs is 1. The molecule has 126 valence electrons.